The van der Waals surface area contributed by atoms with Crippen LogP contribution in [0.5, 0.6) is 0 Å². The van der Waals surface area contributed by atoms with Crippen LogP contribution in [0.3, 0.4) is 0 Å². The third-order valence-corrected chi connectivity index (χ3v) is 5.46. The van der Waals surface area contributed by atoms with Gasteiger partial charge in [0.25, 0.3) is 5.91 Å². The van der Waals surface area contributed by atoms with E-state index in [9.17, 15) is 17.6 Å². The van der Waals surface area contributed by atoms with Gasteiger partial charge in [-0.2, -0.15) is 0 Å². The van der Waals surface area contributed by atoms with E-state index in [0.717, 1.165) is 31.5 Å². The number of hydrogen-bond acceptors (Lipinski definition) is 4. The lowest BCUT2D eigenvalue weighted by Crippen LogP contribution is -2.42. The van der Waals surface area contributed by atoms with Crippen molar-refractivity contribution in [3.63, 3.8) is 0 Å². The van der Waals surface area contributed by atoms with E-state index in [1.165, 1.54) is 13.1 Å². The Kier molecular flexibility index (Phi) is 5.72. The lowest BCUT2D eigenvalue weighted by atomic mass is 9.97. The predicted molar refractivity (Wildman–Crippen MR) is 85.2 cm³/mol. The maximum absolute atomic E-state index is 13.8. The minimum Gasteiger partial charge on any atom is -0.338 e. The summed E-state index contributed by atoms with van der Waals surface area (Å²) in [5, 5.41) is 3.11. The number of nitrogens with zero attached hydrogens (tertiary/aromatic N) is 1. The molecule has 2 rings (SSSR count). The number of hydrogen-bond donors (Lipinski definition) is 2. The first-order valence-electron chi connectivity index (χ1n) is 7.56. The molecule has 1 saturated heterocycles. The van der Waals surface area contributed by atoms with Crippen LogP contribution in [0.2, 0.25) is 0 Å². The van der Waals surface area contributed by atoms with Crippen LogP contribution in [0.4, 0.5) is 4.39 Å². The maximum atomic E-state index is 13.8. The Morgan fingerprint density at radius 2 is 2.13 bits per heavy atom. The summed E-state index contributed by atoms with van der Waals surface area (Å²) in [5.74, 6) is -0.764. The molecule has 1 amide bonds. The summed E-state index contributed by atoms with van der Waals surface area (Å²) in [6.07, 6.45) is 1.95. The number of sulfonamides is 1. The molecule has 1 aliphatic rings. The number of amides is 1. The number of nitrogens with one attached hydrogen (secondary N) is 2. The molecule has 1 aliphatic heterocycles. The van der Waals surface area contributed by atoms with Gasteiger partial charge in [-0.05, 0) is 57.6 Å². The van der Waals surface area contributed by atoms with Crippen molar-refractivity contribution in [2.45, 2.75) is 17.7 Å². The van der Waals surface area contributed by atoms with Crippen LogP contribution < -0.4 is 10.0 Å². The van der Waals surface area contributed by atoms with E-state index in [1.807, 2.05) is 7.05 Å². The zero-order valence-electron chi connectivity index (χ0n) is 13.3. The highest BCUT2D eigenvalue weighted by Crippen LogP contribution is 2.21. The maximum Gasteiger partial charge on any atom is 0.253 e. The number of carbonyl (C=O) groups excluding carboxylic acids is 1. The van der Waals surface area contributed by atoms with Crippen LogP contribution in [0.15, 0.2) is 23.1 Å². The molecule has 0 saturated carbocycles. The Labute approximate surface area is 136 Å². The van der Waals surface area contributed by atoms with E-state index in [2.05, 4.69) is 10.0 Å². The number of halogens is 1. The summed E-state index contributed by atoms with van der Waals surface area (Å²) in [6.45, 7) is 2.07. The molecule has 0 aliphatic carbocycles. The number of carbonyl (C=O) groups is 1. The molecule has 0 spiro atoms. The topological polar surface area (TPSA) is 78.5 Å². The van der Waals surface area contributed by atoms with Gasteiger partial charge in [-0.25, -0.2) is 17.5 Å². The monoisotopic (exact) mass is 343 g/mol. The molecule has 0 radical (unpaired) electrons. The van der Waals surface area contributed by atoms with Crippen molar-refractivity contribution in [2.24, 2.45) is 5.92 Å². The normalized spacial score (nSPS) is 18.9. The average molecular weight is 343 g/mol. The molecule has 23 heavy (non-hydrogen) atoms. The van der Waals surface area contributed by atoms with Gasteiger partial charge < -0.3 is 10.2 Å². The summed E-state index contributed by atoms with van der Waals surface area (Å²) in [6, 6.07) is 3.45. The smallest absolute Gasteiger partial charge is 0.253 e. The summed E-state index contributed by atoms with van der Waals surface area (Å²) in [4.78, 5) is 13.8. The molecule has 128 valence electrons. The molecule has 1 unspecified atom stereocenters. The minimum atomic E-state index is -3.94. The Bertz CT molecular complexity index is 677. The van der Waals surface area contributed by atoms with Crippen molar-refractivity contribution in [1.29, 1.82) is 0 Å². The Hall–Kier alpha value is -1.51. The van der Waals surface area contributed by atoms with Crippen molar-refractivity contribution in [2.75, 3.05) is 33.7 Å². The van der Waals surface area contributed by atoms with E-state index in [-0.39, 0.29) is 11.5 Å². The SMILES string of the molecule is CNCC1CCCN(C(=O)c2ccc(F)c(S(=O)(=O)NC)c2)C1. The van der Waals surface area contributed by atoms with E-state index in [0.29, 0.717) is 19.0 Å². The summed E-state index contributed by atoms with van der Waals surface area (Å²) < 4.78 is 39.5. The standard InChI is InChI=1S/C15H22FN3O3S/c1-17-9-11-4-3-7-19(10-11)15(20)12-5-6-13(16)14(8-12)23(21,22)18-2/h5-6,8,11,17-18H,3-4,7,9-10H2,1-2H3. The molecule has 1 aromatic carbocycles. The van der Waals surface area contributed by atoms with Crippen LogP contribution in [-0.4, -0.2) is 53.0 Å². The number of piperidine rings is 1. The van der Waals surface area contributed by atoms with Gasteiger partial charge in [0.05, 0.1) is 0 Å². The molecule has 6 nitrogen and oxygen atoms in total. The number of rotatable bonds is 5. The van der Waals surface area contributed by atoms with Crippen molar-refractivity contribution >= 4 is 15.9 Å². The molecular weight excluding hydrogens is 321 g/mol. The van der Waals surface area contributed by atoms with Gasteiger partial charge in [-0.15, -0.1) is 0 Å². The van der Waals surface area contributed by atoms with E-state index in [4.69, 9.17) is 0 Å². The van der Waals surface area contributed by atoms with Crippen LogP contribution in [0.25, 0.3) is 0 Å². The van der Waals surface area contributed by atoms with Crippen molar-refractivity contribution in [1.82, 2.24) is 14.9 Å². The molecule has 0 bridgehead atoms. The van der Waals surface area contributed by atoms with E-state index < -0.39 is 20.7 Å². The molecular formula is C15H22FN3O3S. The molecule has 1 fully saturated rings. The highest BCUT2D eigenvalue weighted by molar-refractivity contribution is 7.89. The molecule has 1 heterocycles. The second kappa shape index (κ2) is 7.37. The summed E-state index contributed by atoms with van der Waals surface area (Å²) >= 11 is 0. The first-order valence-corrected chi connectivity index (χ1v) is 9.04. The Balaban J connectivity index is 2.24. The molecule has 1 atom stereocenters. The van der Waals surface area contributed by atoms with Gasteiger partial charge in [-0.3, -0.25) is 4.79 Å². The fourth-order valence-corrected chi connectivity index (χ4v) is 3.67. The molecule has 0 aromatic heterocycles. The van der Waals surface area contributed by atoms with Crippen molar-refractivity contribution in [3.05, 3.63) is 29.6 Å². The lowest BCUT2D eigenvalue weighted by molar-refractivity contribution is 0.0674. The van der Waals surface area contributed by atoms with Crippen LogP contribution in [0, 0.1) is 11.7 Å². The lowest BCUT2D eigenvalue weighted by Gasteiger charge is -2.32. The quantitative estimate of drug-likeness (QED) is 0.829. The first kappa shape index (κ1) is 17.8. The van der Waals surface area contributed by atoms with E-state index >= 15 is 0 Å². The van der Waals surface area contributed by atoms with Crippen molar-refractivity contribution in [3.8, 4) is 0 Å². The minimum absolute atomic E-state index is 0.185. The molecule has 2 N–H and O–H groups in total. The van der Waals surface area contributed by atoms with Crippen molar-refractivity contribution < 1.29 is 17.6 Å². The zero-order chi connectivity index (χ0) is 17.0. The van der Waals surface area contributed by atoms with Gasteiger partial charge in [-0.1, -0.05) is 0 Å². The average Bonchev–Trinajstić information content (AvgIpc) is 2.55. The van der Waals surface area contributed by atoms with Gasteiger partial charge >= 0.3 is 0 Å². The van der Waals surface area contributed by atoms with Gasteiger partial charge in [0.2, 0.25) is 10.0 Å². The summed E-state index contributed by atoms with van der Waals surface area (Å²) in [7, 11) is -0.865. The predicted octanol–water partition coefficient (Wildman–Crippen LogP) is 0.805. The largest absolute Gasteiger partial charge is 0.338 e. The fourth-order valence-electron chi connectivity index (χ4n) is 2.84. The van der Waals surface area contributed by atoms with Gasteiger partial charge in [0.15, 0.2) is 0 Å². The highest BCUT2D eigenvalue weighted by Gasteiger charge is 2.26. The first-order chi connectivity index (χ1) is 10.9. The Morgan fingerprint density at radius 1 is 1.39 bits per heavy atom. The third kappa shape index (κ3) is 4.07. The van der Waals surface area contributed by atoms with Crippen LogP contribution >= 0.6 is 0 Å². The zero-order valence-corrected chi connectivity index (χ0v) is 14.1. The number of likely N-dealkylation sites (tertiary alicyclic amines) is 1. The summed E-state index contributed by atoms with van der Waals surface area (Å²) in [5.41, 5.74) is 0.185. The molecule has 1 aromatic rings. The molecule has 8 heteroatoms. The van der Waals surface area contributed by atoms with Gasteiger partial charge in [0.1, 0.15) is 10.7 Å². The fraction of sp³-hybridized carbons (Fsp3) is 0.533. The van der Waals surface area contributed by atoms with Crippen LogP contribution in [0.1, 0.15) is 23.2 Å². The third-order valence-electron chi connectivity index (χ3n) is 4.04. The van der Waals surface area contributed by atoms with Crippen LogP contribution in [-0.2, 0) is 10.0 Å². The highest BCUT2D eigenvalue weighted by atomic mass is 32.2. The van der Waals surface area contributed by atoms with Gasteiger partial charge in [0, 0.05) is 18.7 Å². The second-order valence-electron chi connectivity index (χ2n) is 5.67. The Morgan fingerprint density at radius 3 is 2.78 bits per heavy atom. The number of benzene rings is 1. The second-order valence-corrected chi connectivity index (χ2v) is 7.52. The van der Waals surface area contributed by atoms with E-state index in [1.54, 1.807) is 4.90 Å².